The summed E-state index contributed by atoms with van der Waals surface area (Å²) < 4.78 is 31.9. The number of nitriles is 1. The molecule has 0 aliphatic heterocycles. The number of hydrogen-bond donors (Lipinski definition) is 0. The average Bonchev–Trinajstić information content (AvgIpc) is 3.41. The van der Waals surface area contributed by atoms with Gasteiger partial charge < -0.3 is 13.9 Å². The largest absolute Gasteiger partial charge is 0.493 e. The Bertz CT molecular complexity index is 1540. The second-order valence-electron chi connectivity index (χ2n) is 8.74. The molecule has 36 heavy (non-hydrogen) atoms. The fraction of sp³-hybridized carbons (Fsp3) is 0.200. The van der Waals surface area contributed by atoms with E-state index in [2.05, 4.69) is 6.07 Å². The van der Waals surface area contributed by atoms with Gasteiger partial charge in [0, 0.05) is 16.5 Å². The van der Waals surface area contributed by atoms with Crippen molar-refractivity contribution in [1.82, 2.24) is 0 Å². The fourth-order valence-electron chi connectivity index (χ4n) is 4.66. The number of fused-ring (bicyclic) bond motifs is 1. The summed E-state index contributed by atoms with van der Waals surface area (Å²) in [6, 6.07) is 18.6. The van der Waals surface area contributed by atoms with E-state index >= 15 is 0 Å². The molecule has 0 amide bonds. The first-order valence-electron chi connectivity index (χ1n) is 11.9. The summed E-state index contributed by atoms with van der Waals surface area (Å²) in [6.07, 6.45) is 7.89. The van der Waals surface area contributed by atoms with Crippen LogP contribution < -0.4 is 15.1 Å². The van der Waals surface area contributed by atoms with Gasteiger partial charge in [0.25, 0.3) is 0 Å². The molecule has 1 aliphatic rings. The third-order valence-corrected chi connectivity index (χ3v) is 6.45. The standard InChI is InChI=1S/C30H24FNO4/c1-34-27-8-4-5-21(29(27)35-23-6-2-3-7-23)13-16-26-28(20-11-9-19(18-32)10-12-20)25-17-22(31)14-15-24(25)30(33)36-26/h4-5,8-17,23H,2-3,6-7H2,1H3. The zero-order chi connectivity index (χ0) is 25.1. The Balaban J connectivity index is 1.66. The molecule has 0 atom stereocenters. The van der Waals surface area contributed by atoms with Gasteiger partial charge >= 0.3 is 5.63 Å². The van der Waals surface area contributed by atoms with Crippen LogP contribution in [-0.4, -0.2) is 13.2 Å². The lowest BCUT2D eigenvalue weighted by Crippen LogP contribution is -2.12. The topological polar surface area (TPSA) is 72.5 Å². The first kappa shape index (κ1) is 23.4. The minimum atomic E-state index is -0.560. The van der Waals surface area contributed by atoms with Crippen molar-refractivity contribution >= 4 is 22.9 Å². The van der Waals surface area contributed by atoms with Gasteiger partial charge in [-0.1, -0.05) is 24.3 Å². The SMILES string of the molecule is COc1cccc(C=Cc2oc(=O)c3ccc(F)cc3c2-c2ccc(C#N)cc2)c1OC1CCCC1. The molecule has 1 aliphatic carbocycles. The lowest BCUT2D eigenvalue weighted by molar-refractivity contribution is 0.200. The molecule has 5 nitrogen and oxygen atoms in total. The number of rotatable bonds is 6. The molecule has 0 radical (unpaired) electrons. The normalized spacial score (nSPS) is 13.8. The molecule has 5 rings (SSSR count). The summed E-state index contributed by atoms with van der Waals surface area (Å²) in [6.45, 7) is 0. The van der Waals surface area contributed by atoms with E-state index in [0.717, 1.165) is 31.2 Å². The van der Waals surface area contributed by atoms with E-state index in [4.69, 9.17) is 13.9 Å². The van der Waals surface area contributed by atoms with Crippen LogP contribution >= 0.6 is 0 Å². The highest BCUT2D eigenvalue weighted by Gasteiger charge is 2.20. The van der Waals surface area contributed by atoms with Crippen LogP contribution in [0, 0.1) is 17.1 Å². The molecule has 0 saturated heterocycles. The Kier molecular flexibility index (Phi) is 6.55. The van der Waals surface area contributed by atoms with Crippen LogP contribution in [0.15, 0.2) is 69.9 Å². The van der Waals surface area contributed by atoms with Gasteiger partial charge in [-0.05, 0) is 79.8 Å². The summed E-state index contributed by atoms with van der Waals surface area (Å²) in [5.41, 5.74) is 1.96. The maximum Gasteiger partial charge on any atom is 0.344 e. The quantitative estimate of drug-likeness (QED) is 0.297. The van der Waals surface area contributed by atoms with Crippen LogP contribution in [0.3, 0.4) is 0 Å². The molecule has 6 heteroatoms. The lowest BCUT2D eigenvalue weighted by Gasteiger charge is -2.18. The Labute approximate surface area is 208 Å². The van der Waals surface area contributed by atoms with E-state index < -0.39 is 11.4 Å². The van der Waals surface area contributed by atoms with Gasteiger partial charge in [0.05, 0.1) is 30.2 Å². The molecule has 180 valence electrons. The number of para-hydroxylation sites is 1. The number of ether oxygens (including phenoxy) is 2. The number of nitrogens with zero attached hydrogens (tertiary/aromatic N) is 1. The minimum Gasteiger partial charge on any atom is -0.493 e. The number of benzene rings is 3. The lowest BCUT2D eigenvalue weighted by atomic mass is 9.97. The number of methoxy groups -OCH3 is 1. The number of hydrogen-bond acceptors (Lipinski definition) is 5. The molecular formula is C30H24FNO4. The Hall–Kier alpha value is -4.37. The predicted molar refractivity (Wildman–Crippen MR) is 137 cm³/mol. The molecule has 1 fully saturated rings. The van der Waals surface area contributed by atoms with Crippen LogP contribution in [0.2, 0.25) is 0 Å². The zero-order valence-electron chi connectivity index (χ0n) is 19.8. The number of halogens is 1. The Morgan fingerprint density at radius 3 is 2.53 bits per heavy atom. The molecule has 1 saturated carbocycles. The molecule has 0 unspecified atom stereocenters. The van der Waals surface area contributed by atoms with Crippen molar-refractivity contribution < 1.29 is 18.3 Å². The predicted octanol–water partition coefficient (Wildman–Crippen LogP) is 6.97. The van der Waals surface area contributed by atoms with Gasteiger partial charge in [0.2, 0.25) is 0 Å². The van der Waals surface area contributed by atoms with E-state index in [1.54, 1.807) is 37.5 Å². The summed E-state index contributed by atoms with van der Waals surface area (Å²) in [4.78, 5) is 12.8. The summed E-state index contributed by atoms with van der Waals surface area (Å²) in [5.74, 6) is 1.08. The third-order valence-electron chi connectivity index (χ3n) is 6.45. The van der Waals surface area contributed by atoms with Gasteiger partial charge in [-0.15, -0.1) is 0 Å². The smallest absolute Gasteiger partial charge is 0.344 e. The zero-order valence-corrected chi connectivity index (χ0v) is 19.8. The summed E-state index contributed by atoms with van der Waals surface area (Å²) in [7, 11) is 1.60. The van der Waals surface area contributed by atoms with Crippen molar-refractivity contribution in [1.29, 1.82) is 5.26 Å². The highest BCUT2D eigenvalue weighted by atomic mass is 19.1. The van der Waals surface area contributed by atoms with Crippen LogP contribution in [-0.2, 0) is 0 Å². The highest BCUT2D eigenvalue weighted by Crippen LogP contribution is 2.37. The van der Waals surface area contributed by atoms with E-state index in [9.17, 15) is 14.4 Å². The first-order valence-corrected chi connectivity index (χ1v) is 11.9. The molecule has 1 heterocycles. The van der Waals surface area contributed by atoms with Crippen molar-refractivity contribution in [3.63, 3.8) is 0 Å². The Morgan fingerprint density at radius 2 is 1.81 bits per heavy atom. The molecule has 4 aromatic rings. The van der Waals surface area contributed by atoms with E-state index in [0.29, 0.717) is 33.6 Å². The van der Waals surface area contributed by atoms with Crippen molar-refractivity contribution in [3.05, 3.63) is 93.8 Å². The highest BCUT2D eigenvalue weighted by molar-refractivity contribution is 5.99. The molecule has 3 aromatic carbocycles. The van der Waals surface area contributed by atoms with Crippen molar-refractivity contribution in [2.75, 3.05) is 7.11 Å². The van der Waals surface area contributed by atoms with E-state index in [1.165, 1.54) is 18.2 Å². The maximum atomic E-state index is 14.3. The second kappa shape index (κ2) is 10.1. The fourth-order valence-corrected chi connectivity index (χ4v) is 4.66. The Morgan fingerprint density at radius 1 is 1.03 bits per heavy atom. The van der Waals surface area contributed by atoms with Gasteiger partial charge in [0.1, 0.15) is 11.6 Å². The van der Waals surface area contributed by atoms with Gasteiger partial charge in [-0.3, -0.25) is 0 Å². The summed E-state index contributed by atoms with van der Waals surface area (Å²) in [5, 5.41) is 9.90. The molecule has 0 spiro atoms. The van der Waals surface area contributed by atoms with Crippen molar-refractivity contribution in [2.24, 2.45) is 0 Å². The van der Waals surface area contributed by atoms with Crippen LogP contribution in [0.4, 0.5) is 4.39 Å². The van der Waals surface area contributed by atoms with Crippen molar-refractivity contribution in [3.8, 4) is 28.7 Å². The molecule has 0 bridgehead atoms. The average molecular weight is 482 g/mol. The molecular weight excluding hydrogens is 457 g/mol. The van der Waals surface area contributed by atoms with Crippen LogP contribution in [0.5, 0.6) is 11.5 Å². The van der Waals surface area contributed by atoms with Crippen LogP contribution in [0.1, 0.15) is 42.6 Å². The molecule has 0 N–H and O–H groups in total. The van der Waals surface area contributed by atoms with Crippen molar-refractivity contribution in [2.45, 2.75) is 31.8 Å². The first-order chi connectivity index (χ1) is 17.6. The van der Waals surface area contributed by atoms with E-state index in [1.807, 2.05) is 24.3 Å². The van der Waals surface area contributed by atoms with Gasteiger partial charge in [-0.25, -0.2) is 9.18 Å². The summed E-state index contributed by atoms with van der Waals surface area (Å²) >= 11 is 0. The van der Waals surface area contributed by atoms with E-state index in [-0.39, 0.29) is 17.3 Å². The minimum absolute atomic E-state index is 0.129. The van der Waals surface area contributed by atoms with Gasteiger partial charge in [0.15, 0.2) is 11.5 Å². The molecule has 1 aromatic heterocycles. The third kappa shape index (κ3) is 4.60. The second-order valence-corrected chi connectivity index (χ2v) is 8.74. The van der Waals surface area contributed by atoms with Crippen LogP contribution in [0.25, 0.3) is 34.1 Å². The monoisotopic (exact) mass is 481 g/mol. The van der Waals surface area contributed by atoms with Gasteiger partial charge in [-0.2, -0.15) is 5.26 Å². The maximum absolute atomic E-state index is 14.3.